The van der Waals surface area contributed by atoms with Gasteiger partial charge in [0.15, 0.2) is 0 Å². The summed E-state index contributed by atoms with van der Waals surface area (Å²) in [6, 6.07) is 16.2. The summed E-state index contributed by atoms with van der Waals surface area (Å²) in [5.41, 5.74) is 4.52. The minimum Gasteiger partial charge on any atom is -0.497 e. The Bertz CT molecular complexity index is 727. The number of ether oxygens (including phenoxy) is 1. The molecule has 2 heteroatoms. The average molecular weight is 308 g/mol. The number of hydrogen-bond donors (Lipinski definition) is 1. The molecule has 0 fully saturated rings. The van der Waals surface area contributed by atoms with Gasteiger partial charge in [0.25, 0.3) is 0 Å². The van der Waals surface area contributed by atoms with Crippen LogP contribution < -0.4 is 4.74 Å². The van der Waals surface area contributed by atoms with Gasteiger partial charge >= 0.3 is 0 Å². The molecular formula is C21H24O2. The molecule has 1 atom stereocenters. The fourth-order valence-electron chi connectivity index (χ4n) is 3.56. The highest BCUT2D eigenvalue weighted by atomic mass is 16.5. The quantitative estimate of drug-likeness (QED) is 0.840. The Morgan fingerprint density at radius 2 is 1.83 bits per heavy atom. The van der Waals surface area contributed by atoms with Crippen molar-refractivity contribution in [3.05, 3.63) is 65.2 Å². The molecule has 2 aromatic carbocycles. The molecule has 0 aliphatic heterocycles. The minimum atomic E-state index is -0.966. The van der Waals surface area contributed by atoms with E-state index in [1.54, 1.807) is 7.11 Å². The topological polar surface area (TPSA) is 29.5 Å². The van der Waals surface area contributed by atoms with Gasteiger partial charge in [0.2, 0.25) is 0 Å². The summed E-state index contributed by atoms with van der Waals surface area (Å²) in [6.45, 7) is 4.10. The summed E-state index contributed by atoms with van der Waals surface area (Å²) >= 11 is 0. The number of benzene rings is 2. The molecular weight excluding hydrogens is 284 g/mol. The van der Waals surface area contributed by atoms with Crippen molar-refractivity contribution in [1.82, 2.24) is 0 Å². The van der Waals surface area contributed by atoms with Gasteiger partial charge in [-0.1, -0.05) is 49.7 Å². The van der Waals surface area contributed by atoms with Crippen LogP contribution in [0.5, 0.6) is 5.75 Å². The first kappa shape index (κ1) is 15.8. The summed E-state index contributed by atoms with van der Waals surface area (Å²) < 4.78 is 5.40. The van der Waals surface area contributed by atoms with Crippen LogP contribution in [0.3, 0.4) is 0 Å². The predicted octanol–water partition coefficient (Wildman–Crippen LogP) is 5.02. The van der Waals surface area contributed by atoms with Crippen molar-refractivity contribution in [1.29, 1.82) is 0 Å². The molecule has 23 heavy (non-hydrogen) atoms. The normalized spacial score (nSPS) is 19.8. The van der Waals surface area contributed by atoms with E-state index in [2.05, 4.69) is 25.1 Å². The highest BCUT2D eigenvalue weighted by Crippen LogP contribution is 2.51. The first-order chi connectivity index (χ1) is 11.1. The van der Waals surface area contributed by atoms with E-state index >= 15 is 0 Å². The molecule has 0 amide bonds. The van der Waals surface area contributed by atoms with Crippen molar-refractivity contribution < 1.29 is 9.84 Å². The zero-order valence-corrected chi connectivity index (χ0v) is 14.1. The van der Waals surface area contributed by atoms with Crippen LogP contribution in [-0.2, 0) is 5.60 Å². The van der Waals surface area contributed by atoms with E-state index in [-0.39, 0.29) is 0 Å². The Kier molecular flexibility index (Phi) is 4.27. The maximum atomic E-state index is 11.3. The highest BCUT2D eigenvalue weighted by Gasteiger charge is 2.40. The monoisotopic (exact) mass is 308 g/mol. The van der Waals surface area contributed by atoms with Crippen LogP contribution in [0, 0.1) is 0 Å². The zero-order valence-electron chi connectivity index (χ0n) is 14.1. The van der Waals surface area contributed by atoms with Crippen LogP contribution in [0.2, 0.25) is 0 Å². The van der Waals surface area contributed by atoms with Crippen LogP contribution in [0.4, 0.5) is 0 Å². The Balaban J connectivity index is 2.22. The Morgan fingerprint density at radius 3 is 2.48 bits per heavy atom. The number of hydrogen-bond acceptors (Lipinski definition) is 2. The molecule has 1 aliphatic carbocycles. The van der Waals surface area contributed by atoms with Gasteiger partial charge in [-0.15, -0.1) is 0 Å². The number of rotatable bonds is 5. The summed E-state index contributed by atoms with van der Waals surface area (Å²) in [6.07, 6.45) is 3.21. The first-order valence-corrected chi connectivity index (χ1v) is 8.30. The van der Waals surface area contributed by atoms with Gasteiger partial charge in [0.05, 0.1) is 7.11 Å². The van der Waals surface area contributed by atoms with Gasteiger partial charge in [0.1, 0.15) is 11.4 Å². The number of unbranched alkanes of at least 4 members (excludes halogenated alkanes) is 1. The first-order valence-electron chi connectivity index (χ1n) is 8.30. The van der Waals surface area contributed by atoms with Crippen LogP contribution in [0.15, 0.2) is 48.5 Å². The smallest absolute Gasteiger partial charge is 0.119 e. The number of fused-ring (bicyclic) bond motifs is 1. The molecule has 0 radical (unpaired) electrons. The molecule has 0 saturated carbocycles. The van der Waals surface area contributed by atoms with Crippen molar-refractivity contribution >= 4 is 11.1 Å². The third kappa shape index (κ3) is 2.68. The Labute approximate surface area is 138 Å². The maximum absolute atomic E-state index is 11.3. The van der Waals surface area contributed by atoms with E-state index in [4.69, 9.17) is 4.74 Å². The molecule has 3 rings (SSSR count). The molecule has 2 nitrogen and oxygen atoms in total. The molecule has 0 heterocycles. The van der Waals surface area contributed by atoms with Crippen molar-refractivity contribution in [3.63, 3.8) is 0 Å². The molecule has 0 bridgehead atoms. The van der Waals surface area contributed by atoms with Gasteiger partial charge in [-0.2, -0.15) is 0 Å². The van der Waals surface area contributed by atoms with Crippen molar-refractivity contribution in [2.45, 2.75) is 38.7 Å². The number of aliphatic hydroxyl groups is 1. The lowest BCUT2D eigenvalue weighted by atomic mass is 9.87. The van der Waals surface area contributed by atoms with E-state index in [1.165, 1.54) is 5.57 Å². The SMILES string of the molecule is CCCCC1=C(c2ccccc2)C(C)(O)c2ccc(OC)cc21. The van der Waals surface area contributed by atoms with Crippen LogP contribution in [0.25, 0.3) is 11.1 Å². The van der Waals surface area contributed by atoms with Crippen LogP contribution in [0.1, 0.15) is 49.8 Å². The van der Waals surface area contributed by atoms with Crippen molar-refractivity contribution in [2.24, 2.45) is 0 Å². The fourth-order valence-corrected chi connectivity index (χ4v) is 3.56. The summed E-state index contributed by atoms with van der Waals surface area (Å²) in [5, 5.41) is 11.3. The van der Waals surface area contributed by atoms with E-state index < -0.39 is 5.60 Å². The van der Waals surface area contributed by atoms with Crippen LogP contribution in [-0.4, -0.2) is 12.2 Å². The van der Waals surface area contributed by atoms with Gasteiger partial charge in [-0.3, -0.25) is 0 Å². The molecule has 1 N–H and O–H groups in total. The standard InChI is InChI=1S/C21H24O2/c1-4-5-11-17-18-14-16(23-3)12-13-19(18)21(2,22)20(17)15-9-7-6-8-10-15/h6-10,12-14,22H,4-5,11H2,1-3H3. The summed E-state index contributed by atoms with van der Waals surface area (Å²) in [7, 11) is 1.68. The molecule has 1 unspecified atom stereocenters. The second-order valence-corrected chi connectivity index (χ2v) is 6.31. The minimum absolute atomic E-state index is 0.836. The predicted molar refractivity (Wildman–Crippen MR) is 95.3 cm³/mol. The van der Waals surface area contributed by atoms with Gasteiger partial charge < -0.3 is 9.84 Å². The lowest BCUT2D eigenvalue weighted by Crippen LogP contribution is -2.20. The maximum Gasteiger partial charge on any atom is 0.119 e. The summed E-state index contributed by atoms with van der Waals surface area (Å²) in [5.74, 6) is 0.836. The van der Waals surface area contributed by atoms with E-state index in [1.807, 2.05) is 37.3 Å². The number of allylic oxidation sites excluding steroid dienone is 1. The van der Waals surface area contributed by atoms with E-state index in [0.29, 0.717) is 0 Å². The fraction of sp³-hybridized carbons (Fsp3) is 0.333. The third-order valence-corrected chi connectivity index (χ3v) is 4.71. The number of methoxy groups -OCH3 is 1. The molecule has 120 valence electrons. The van der Waals surface area contributed by atoms with Crippen molar-refractivity contribution in [2.75, 3.05) is 7.11 Å². The second kappa shape index (κ2) is 6.21. The highest BCUT2D eigenvalue weighted by molar-refractivity contribution is 6.00. The Morgan fingerprint density at radius 1 is 1.09 bits per heavy atom. The van der Waals surface area contributed by atoms with Crippen LogP contribution >= 0.6 is 0 Å². The largest absolute Gasteiger partial charge is 0.497 e. The second-order valence-electron chi connectivity index (χ2n) is 6.31. The van der Waals surface area contributed by atoms with Crippen molar-refractivity contribution in [3.8, 4) is 5.75 Å². The molecule has 2 aromatic rings. The summed E-state index contributed by atoms with van der Waals surface area (Å²) in [4.78, 5) is 0. The van der Waals surface area contributed by atoms with Gasteiger partial charge in [0, 0.05) is 0 Å². The average Bonchev–Trinajstić information content (AvgIpc) is 2.80. The molecule has 0 spiro atoms. The van der Waals surface area contributed by atoms with E-state index in [9.17, 15) is 5.11 Å². The third-order valence-electron chi connectivity index (χ3n) is 4.71. The molecule has 1 aliphatic rings. The Hall–Kier alpha value is -2.06. The molecule has 0 aromatic heterocycles. The lowest BCUT2D eigenvalue weighted by Gasteiger charge is -2.24. The van der Waals surface area contributed by atoms with Gasteiger partial charge in [-0.25, -0.2) is 0 Å². The zero-order chi connectivity index (χ0) is 16.4. The lowest BCUT2D eigenvalue weighted by molar-refractivity contribution is 0.125. The molecule has 0 saturated heterocycles. The van der Waals surface area contributed by atoms with E-state index in [0.717, 1.165) is 47.3 Å². The van der Waals surface area contributed by atoms with Gasteiger partial charge in [-0.05, 0) is 59.7 Å².